The number of benzene rings is 1. The van der Waals surface area contributed by atoms with E-state index in [1.165, 1.54) is 6.07 Å². The number of hydrogen-bond acceptors (Lipinski definition) is 3. The van der Waals surface area contributed by atoms with Gasteiger partial charge >= 0.3 is 0 Å². The standard InChI is InChI=1S/C13H20FNO2/c1-2-7-16-8-9-17-10-13(15)11-5-3-4-6-12(11)14/h3-6,13H,2,7-10,15H2,1H3. The molecule has 1 aromatic carbocycles. The van der Waals surface area contributed by atoms with Crippen LogP contribution in [0.4, 0.5) is 4.39 Å². The van der Waals surface area contributed by atoms with Gasteiger partial charge in [-0.3, -0.25) is 0 Å². The molecule has 0 aliphatic rings. The van der Waals surface area contributed by atoms with Crippen LogP contribution in [0.25, 0.3) is 0 Å². The third-order valence-electron chi connectivity index (χ3n) is 2.32. The Morgan fingerprint density at radius 3 is 2.59 bits per heavy atom. The van der Waals surface area contributed by atoms with E-state index in [1.807, 2.05) is 0 Å². The summed E-state index contributed by atoms with van der Waals surface area (Å²) in [5, 5.41) is 0. The third-order valence-corrected chi connectivity index (χ3v) is 2.32. The molecule has 1 rings (SSSR count). The van der Waals surface area contributed by atoms with E-state index < -0.39 is 6.04 Å². The fraction of sp³-hybridized carbons (Fsp3) is 0.538. The molecule has 0 radical (unpaired) electrons. The molecule has 0 heterocycles. The number of nitrogens with two attached hydrogens (primary N) is 1. The van der Waals surface area contributed by atoms with Gasteiger partial charge in [0.1, 0.15) is 5.82 Å². The minimum absolute atomic E-state index is 0.286. The van der Waals surface area contributed by atoms with E-state index in [1.54, 1.807) is 18.2 Å². The lowest BCUT2D eigenvalue weighted by Crippen LogP contribution is -2.19. The van der Waals surface area contributed by atoms with Crippen LogP contribution in [0.5, 0.6) is 0 Å². The first-order valence-corrected chi connectivity index (χ1v) is 5.91. The first kappa shape index (κ1) is 14.1. The Kier molecular flexibility index (Phi) is 6.77. The minimum Gasteiger partial charge on any atom is -0.379 e. The maximum atomic E-state index is 13.4. The molecular formula is C13H20FNO2. The Hall–Kier alpha value is -0.970. The summed E-state index contributed by atoms with van der Waals surface area (Å²) in [5.41, 5.74) is 6.32. The molecule has 0 saturated heterocycles. The van der Waals surface area contributed by atoms with Crippen LogP contribution < -0.4 is 5.73 Å². The summed E-state index contributed by atoms with van der Waals surface area (Å²) < 4.78 is 23.9. The smallest absolute Gasteiger partial charge is 0.128 e. The van der Waals surface area contributed by atoms with E-state index in [2.05, 4.69) is 6.92 Å². The van der Waals surface area contributed by atoms with Crippen LogP contribution in [0.1, 0.15) is 24.9 Å². The van der Waals surface area contributed by atoms with Gasteiger partial charge in [0.2, 0.25) is 0 Å². The fourth-order valence-corrected chi connectivity index (χ4v) is 1.44. The molecule has 0 amide bonds. The third kappa shape index (κ3) is 5.26. The van der Waals surface area contributed by atoms with E-state index in [9.17, 15) is 4.39 Å². The summed E-state index contributed by atoms with van der Waals surface area (Å²) >= 11 is 0. The Morgan fingerprint density at radius 2 is 1.88 bits per heavy atom. The molecular weight excluding hydrogens is 221 g/mol. The molecule has 0 aliphatic heterocycles. The highest BCUT2D eigenvalue weighted by molar-refractivity contribution is 5.20. The maximum Gasteiger partial charge on any atom is 0.128 e. The Morgan fingerprint density at radius 1 is 1.18 bits per heavy atom. The average Bonchev–Trinajstić information content (AvgIpc) is 2.34. The van der Waals surface area contributed by atoms with Gasteiger partial charge in [-0.2, -0.15) is 0 Å². The molecule has 1 atom stereocenters. The highest BCUT2D eigenvalue weighted by atomic mass is 19.1. The second-order valence-electron chi connectivity index (χ2n) is 3.82. The molecule has 4 heteroatoms. The molecule has 3 nitrogen and oxygen atoms in total. The lowest BCUT2D eigenvalue weighted by atomic mass is 10.1. The maximum absolute atomic E-state index is 13.4. The predicted molar refractivity (Wildman–Crippen MR) is 65.3 cm³/mol. The summed E-state index contributed by atoms with van der Waals surface area (Å²) in [5.74, 6) is -0.286. The van der Waals surface area contributed by atoms with Crippen molar-refractivity contribution >= 4 is 0 Å². The van der Waals surface area contributed by atoms with Crippen molar-refractivity contribution in [3.63, 3.8) is 0 Å². The van der Waals surface area contributed by atoms with E-state index in [0.717, 1.165) is 13.0 Å². The second kappa shape index (κ2) is 8.17. The number of rotatable bonds is 8. The largest absolute Gasteiger partial charge is 0.379 e. The molecule has 2 N–H and O–H groups in total. The lowest BCUT2D eigenvalue weighted by Gasteiger charge is -2.13. The Bertz CT molecular complexity index is 320. The fourth-order valence-electron chi connectivity index (χ4n) is 1.44. The molecule has 0 fully saturated rings. The van der Waals surface area contributed by atoms with E-state index in [0.29, 0.717) is 25.4 Å². The van der Waals surface area contributed by atoms with Crippen LogP contribution in [0.3, 0.4) is 0 Å². The van der Waals surface area contributed by atoms with Gasteiger partial charge in [0, 0.05) is 12.2 Å². The Balaban J connectivity index is 2.21. The van der Waals surface area contributed by atoms with Crippen molar-refractivity contribution in [3.05, 3.63) is 35.6 Å². The van der Waals surface area contributed by atoms with Crippen molar-refractivity contribution in [2.45, 2.75) is 19.4 Å². The van der Waals surface area contributed by atoms with Gasteiger partial charge < -0.3 is 15.2 Å². The average molecular weight is 241 g/mol. The van der Waals surface area contributed by atoms with Gasteiger partial charge in [0.15, 0.2) is 0 Å². The number of hydrogen-bond donors (Lipinski definition) is 1. The normalized spacial score (nSPS) is 12.6. The van der Waals surface area contributed by atoms with Crippen molar-refractivity contribution in [2.24, 2.45) is 5.73 Å². The van der Waals surface area contributed by atoms with Crippen molar-refractivity contribution in [2.75, 3.05) is 26.4 Å². The van der Waals surface area contributed by atoms with Crippen molar-refractivity contribution in [1.82, 2.24) is 0 Å². The molecule has 0 aliphatic carbocycles. The molecule has 0 spiro atoms. The van der Waals surface area contributed by atoms with Gasteiger partial charge in [-0.05, 0) is 12.5 Å². The van der Waals surface area contributed by atoms with Crippen LogP contribution in [-0.4, -0.2) is 26.4 Å². The summed E-state index contributed by atoms with van der Waals surface area (Å²) in [6, 6.07) is 6.06. The first-order chi connectivity index (χ1) is 8.25. The summed E-state index contributed by atoms with van der Waals surface area (Å²) in [6.07, 6.45) is 0.995. The van der Waals surface area contributed by atoms with Crippen molar-refractivity contribution < 1.29 is 13.9 Å². The topological polar surface area (TPSA) is 44.5 Å². The van der Waals surface area contributed by atoms with Crippen LogP contribution >= 0.6 is 0 Å². The first-order valence-electron chi connectivity index (χ1n) is 5.91. The zero-order valence-corrected chi connectivity index (χ0v) is 10.2. The molecule has 0 saturated carbocycles. The van der Waals surface area contributed by atoms with Gasteiger partial charge in [-0.25, -0.2) is 4.39 Å². The van der Waals surface area contributed by atoms with Crippen LogP contribution in [-0.2, 0) is 9.47 Å². The number of halogens is 1. The molecule has 0 bridgehead atoms. The summed E-state index contributed by atoms with van der Waals surface area (Å²) in [4.78, 5) is 0. The van der Waals surface area contributed by atoms with Crippen molar-refractivity contribution in [1.29, 1.82) is 0 Å². The lowest BCUT2D eigenvalue weighted by molar-refractivity contribution is 0.0425. The van der Waals surface area contributed by atoms with Crippen LogP contribution in [0, 0.1) is 5.82 Å². The SMILES string of the molecule is CCCOCCOCC(N)c1ccccc1F. The van der Waals surface area contributed by atoms with Gasteiger partial charge in [-0.15, -0.1) is 0 Å². The number of ether oxygens (including phenoxy) is 2. The zero-order chi connectivity index (χ0) is 12.5. The van der Waals surface area contributed by atoms with Gasteiger partial charge in [0.05, 0.1) is 25.9 Å². The predicted octanol–water partition coefficient (Wildman–Crippen LogP) is 2.27. The van der Waals surface area contributed by atoms with Crippen LogP contribution in [0.15, 0.2) is 24.3 Å². The van der Waals surface area contributed by atoms with Gasteiger partial charge in [-0.1, -0.05) is 25.1 Å². The van der Waals surface area contributed by atoms with E-state index in [4.69, 9.17) is 15.2 Å². The van der Waals surface area contributed by atoms with Gasteiger partial charge in [0.25, 0.3) is 0 Å². The highest BCUT2D eigenvalue weighted by Crippen LogP contribution is 2.14. The summed E-state index contributed by atoms with van der Waals surface area (Å²) in [6.45, 7) is 4.13. The Labute approximate surface area is 102 Å². The summed E-state index contributed by atoms with van der Waals surface area (Å²) in [7, 11) is 0. The molecule has 96 valence electrons. The molecule has 1 aromatic rings. The monoisotopic (exact) mass is 241 g/mol. The highest BCUT2D eigenvalue weighted by Gasteiger charge is 2.10. The molecule has 17 heavy (non-hydrogen) atoms. The van der Waals surface area contributed by atoms with E-state index >= 15 is 0 Å². The molecule has 0 aromatic heterocycles. The van der Waals surface area contributed by atoms with Crippen LogP contribution in [0.2, 0.25) is 0 Å². The minimum atomic E-state index is -0.428. The second-order valence-corrected chi connectivity index (χ2v) is 3.82. The van der Waals surface area contributed by atoms with Crippen molar-refractivity contribution in [3.8, 4) is 0 Å². The quantitative estimate of drug-likeness (QED) is 0.710. The van der Waals surface area contributed by atoms with E-state index in [-0.39, 0.29) is 5.82 Å². The molecule has 1 unspecified atom stereocenters. The zero-order valence-electron chi connectivity index (χ0n) is 10.2.